The van der Waals surface area contributed by atoms with E-state index in [9.17, 15) is 10.1 Å². The van der Waals surface area contributed by atoms with Crippen molar-refractivity contribution in [3.63, 3.8) is 0 Å². The summed E-state index contributed by atoms with van der Waals surface area (Å²) < 4.78 is 0. The number of thioether (sulfide) groups is 1. The molecule has 0 saturated carbocycles. The first kappa shape index (κ1) is 14.3. The summed E-state index contributed by atoms with van der Waals surface area (Å²) in [5.41, 5.74) is 2.55. The van der Waals surface area contributed by atoms with Crippen LogP contribution >= 0.6 is 11.8 Å². The molecule has 0 fully saturated rings. The van der Waals surface area contributed by atoms with Crippen LogP contribution in [0.4, 0.5) is 11.4 Å². The van der Waals surface area contributed by atoms with Crippen LogP contribution in [0, 0.1) is 17.0 Å². The van der Waals surface area contributed by atoms with E-state index in [1.807, 2.05) is 37.4 Å². The van der Waals surface area contributed by atoms with Crippen LogP contribution in [0.3, 0.4) is 0 Å². The summed E-state index contributed by atoms with van der Waals surface area (Å²) >= 11 is 1.68. The fourth-order valence-corrected chi connectivity index (χ4v) is 2.09. The van der Waals surface area contributed by atoms with Crippen molar-refractivity contribution in [3.05, 3.63) is 63.7 Å². The van der Waals surface area contributed by atoms with Crippen molar-refractivity contribution in [2.45, 2.75) is 11.8 Å². The molecule has 0 bridgehead atoms. The van der Waals surface area contributed by atoms with E-state index in [2.05, 4.69) is 4.99 Å². The Bertz CT molecular complexity index is 651. The average Bonchev–Trinajstić information content (AvgIpc) is 2.46. The second kappa shape index (κ2) is 6.34. The quantitative estimate of drug-likeness (QED) is 0.363. The number of non-ortho nitro benzene ring substituents is 1. The molecule has 20 heavy (non-hydrogen) atoms. The minimum atomic E-state index is -0.411. The summed E-state index contributed by atoms with van der Waals surface area (Å²) in [6.45, 7) is 1.88. The molecule has 2 aromatic rings. The molecular formula is C15H14N2O2S. The molecule has 4 nitrogen and oxygen atoms in total. The molecule has 0 spiro atoms. The zero-order valence-corrected chi connectivity index (χ0v) is 12.1. The lowest BCUT2D eigenvalue weighted by atomic mass is 10.2. The Morgan fingerprint density at radius 3 is 2.50 bits per heavy atom. The van der Waals surface area contributed by atoms with E-state index in [1.165, 1.54) is 17.0 Å². The summed E-state index contributed by atoms with van der Waals surface area (Å²) in [5, 5.41) is 10.8. The predicted octanol–water partition coefficient (Wildman–Crippen LogP) is 4.38. The van der Waals surface area contributed by atoms with E-state index in [1.54, 1.807) is 24.0 Å². The van der Waals surface area contributed by atoms with Gasteiger partial charge in [-0.15, -0.1) is 11.8 Å². The van der Waals surface area contributed by atoms with E-state index in [0.717, 1.165) is 11.1 Å². The van der Waals surface area contributed by atoms with Crippen LogP contribution < -0.4 is 0 Å². The molecule has 102 valence electrons. The van der Waals surface area contributed by atoms with E-state index < -0.39 is 4.92 Å². The van der Waals surface area contributed by atoms with E-state index in [0.29, 0.717) is 5.69 Å². The van der Waals surface area contributed by atoms with Gasteiger partial charge < -0.3 is 0 Å². The number of benzene rings is 2. The van der Waals surface area contributed by atoms with Crippen molar-refractivity contribution in [1.82, 2.24) is 0 Å². The zero-order chi connectivity index (χ0) is 14.5. The molecule has 0 amide bonds. The Balaban J connectivity index is 2.25. The molecule has 2 aromatic carbocycles. The summed E-state index contributed by atoms with van der Waals surface area (Å²) in [7, 11) is 0. The van der Waals surface area contributed by atoms with Crippen molar-refractivity contribution in [3.8, 4) is 0 Å². The highest BCUT2D eigenvalue weighted by atomic mass is 32.2. The SMILES string of the molecule is CSc1ccc(C=Nc2cc([N+](=O)[O-])ccc2C)cc1. The van der Waals surface area contributed by atoms with Gasteiger partial charge in [0.05, 0.1) is 10.6 Å². The number of nitro benzene ring substituents is 1. The molecule has 0 atom stereocenters. The predicted molar refractivity (Wildman–Crippen MR) is 83.3 cm³/mol. The summed E-state index contributed by atoms with van der Waals surface area (Å²) in [6.07, 6.45) is 3.74. The highest BCUT2D eigenvalue weighted by molar-refractivity contribution is 7.98. The molecule has 0 aliphatic heterocycles. The van der Waals surface area contributed by atoms with Crippen LogP contribution in [0.1, 0.15) is 11.1 Å². The second-order valence-corrected chi connectivity index (χ2v) is 5.14. The Hall–Kier alpha value is -2.14. The zero-order valence-electron chi connectivity index (χ0n) is 11.2. The highest BCUT2D eigenvalue weighted by Crippen LogP contribution is 2.24. The molecule has 5 heteroatoms. The van der Waals surface area contributed by atoms with Gasteiger partial charge in [-0.25, -0.2) is 0 Å². The molecule has 0 aromatic heterocycles. The van der Waals surface area contributed by atoms with Crippen molar-refractivity contribution in [2.75, 3.05) is 6.26 Å². The van der Waals surface area contributed by atoms with Gasteiger partial charge in [0, 0.05) is 23.2 Å². The third-order valence-corrected chi connectivity index (χ3v) is 3.62. The number of aryl methyl sites for hydroxylation is 1. The van der Waals surface area contributed by atoms with Crippen LogP contribution in [0.5, 0.6) is 0 Å². The van der Waals surface area contributed by atoms with E-state index >= 15 is 0 Å². The van der Waals surface area contributed by atoms with Gasteiger partial charge in [-0.2, -0.15) is 0 Å². The molecule has 0 saturated heterocycles. The Morgan fingerprint density at radius 1 is 1.20 bits per heavy atom. The molecule has 0 heterocycles. The fraction of sp³-hybridized carbons (Fsp3) is 0.133. The minimum Gasteiger partial charge on any atom is -0.258 e. The van der Waals surface area contributed by atoms with Crippen LogP contribution in [-0.4, -0.2) is 17.4 Å². The Labute approximate surface area is 121 Å². The smallest absolute Gasteiger partial charge is 0.258 e. The van der Waals surface area contributed by atoms with Crippen molar-refractivity contribution in [2.24, 2.45) is 4.99 Å². The van der Waals surface area contributed by atoms with Crippen LogP contribution in [0.2, 0.25) is 0 Å². The first-order chi connectivity index (χ1) is 9.60. The lowest BCUT2D eigenvalue weighted by Crippen LogP contribution is -1.88. The number of hydrogen-bond acceptors (Lipinski definition) is 4. The van der Waals surface area contributed by atoms with Crippen molar-refractivity contribution in [1.29, 1.82) is 0 Å². The molecule has 2 rings (SSSR count). The van der Waals surface area contributed by atoms with Crippen LogP contribution in [-0.2, 0) is 0 Å². The molecule has 0 N–H and O–H groups in total. The first-order valence-corrected chi connectivity index (χ1v) is 7.26. The first-order valence-electron chi connectivity index (χ1n) is 6.03. The maximum absolute atomic E-state index is 10.8. The fourth-order valence-electron chi connectivity index (χ4n) is 1.68. The largest absolute Gasteiger partial charge is 0.271 e. The normalized spacial score (nSPS) is 10.9. The van der Waals surface area contributed by atoms with Crippen molar-refractivity contribution >= 4 is 29.4 Å². The van der Waals surface area contributed by atoms with E-state index in [-0.39, 0.29) is 5.69 Å². The molecule has 0 aliphatic rings. The lowest BCUT2D eigenvalue weighted by molar-refractivity contribution is -0.384. The third-order valence-electron chi connectivity index (χ3n) is 2.87. The summed E-state index contributed by atoms with van der Waals surface area (Å²) in [5.74, 6) is 0. The molecule has 0 radical (unpaired) electrons. The van der Waals surface area contributed by atoms with Gasteiger partial charge in [-0.3, -0.25) is 15.1 Å². The van der Waals surface area contributed by atoms with Gasteiger partial charge in [0.1, 0.15) is 0 Å². The monoisotopic (exact) mass is 286 g/mol. The molecule has 0 aliphatic carbocycles. The number of hydrogen-bond donors (Lipinski definition) is 0. The highest BCUT2D eigenvalue weighted by Gasteiger charge is 2.07. The maximum atomic E-state index is 10.8. The van der Waals surface area contributed by atoms with Gasteiger partial charge in [0.25, 0.3) is 5.69 Å². The standard InChI is InChI=1S/C15H14N2O2S/c1-11-3-6-13(17(18)19)9-15(11)16-10-12-4-7-14(20-2)8-5-12/h3-10H,1-2H3. The number of nitrogens with zero attached hydrogens (tertiary/aromatic N) is 2. The molecule has 0 unspecified atom stereocenters. The van der Waals surface area contributed by atoms with Crippen LogP contribution in [0.25, 0.3) is 0 Å². The van der Waals surface area contributed by atoms with Gasteiger partial charge >= 0.3 is 0 Å². The van der Waals surface area contributed by atoms with Gasteiger partial charge in [-0.05, 0) is 36.4 Å². The minimum absolute atomic E-state index is 0.0560. The van der Waals surface area contributed by atoms with Gasteiger partial charge in [0.2, 0.25) is 0 Å². The number of aliphatic imine (C=N–C) groups is 1. The Kier molecular flexibility index (Phi) is 4.53. The number of nitro groups is 1. The summed E-state index contributed by atoms with van der Waals surface area (Å²) in [6, 6.07) is 12.7. The van der Waals surface area contributed by atoms with E-state index in [4.69, 9.17) is 0 Å². The Morgan fingerprint density at radius 2 is 1.90 bits per heavy atom. The lowest BCUT2D eigenvalue weighted by Gasteiger charge is -2.00. The van der Waals surface area contributed by atoms with Gasteiger partial charge in [-0.1, -0.05) is 18.2 Å². The third kappa shape index (κ3) is 3.45. The summed E-state index contributed by atoms with van der Waals surface area (Å²) in [4.78, 5) is 15.9. The maximum Gasteiger partial charge on any atom is 0.271 e. The van der Waals surface area contributed by atoms with Crippen molar-refractivity contribution < 1.29 is 4.92 Å². The molecular weight excluding hydrogens is 272 g/mol. The number of rotatable bonds is 4. The average molecular weight is 286 g/mol. The second-order valence-electron chi connectivity index (χ2n) is 4.26. The van der Waals surface area contributed by atoms with Crippen LogP contribution in [0.15, 0.2) is 52.4 Å². The topological polar surface area (TPSA) is 55.5 Å². The van der Waals surface area contributed by atoms with Gasteiger partial charge in [0.15, 0.2) is 0 Å².